The van der Waals surface area contributed by atoms with Gasteiger partial charge in [-0.3, -0.25) is 4.79 Å². The van der Waals surface area contributed by atoms with Crippen LogP contribution >= 0.6 is 0 Å². The van der Waals surface area contributed by atoms with Gasteiger partial charge in [0.2, 0.25) is 5.91 Å². The number of piperidine rings is 1. The number of carbonyl (C=O) groups is 1. The summed E-state index contributed by atoms with van der Waals surface area (Å²) < 4.78 is 12.9. The standard InChI is InChI=1S/C17H22FNO/c18-16-6-4-13(5-7-16)12-14-8-10-19(11-9-14)17(20)15-2-1-3-15/h4-7,14-15H,1-3,8-12H2. The molecule has 2 fully saturated rings. The van der Waals surface area contributed by atoms with Crippen LogP contribution in [0.1, 0.15) is 37.7 Å². The Kier molecular flexibility index (Phi) is 4.04. The van der Waals surface area contributed by atoms with E-state index < -0.39 is 0 Å². The molecule has 1 saturated heterocycles. The van der Waals surface area contributed by atoms with Gasteiger partial charge in [-0.05, 0) is 55.7 Å². The minimum Gasteiger partial charge on any atom is -0.342 e. The maximum Gasteiger partial charge on any atom is 0.225 e. The van der Waals surface area contributed by atoms with Crippen molar-refractivity contribution in [2.75, 3.05) is 13.1 Å². The Morgan fingerprint density at radius 3 is 2.30 bits per heavy atom. The Labute approximate surface area is 120 Å². The number of benzene rings is 1. The summed E-state index contributed by atoms with van der Waals surface area (Å²) in [5.41, 5.74) is 1.20. The molecule has 1 aromatic rings. The van der Waals surface area contributed by atoms with E-state index in [9.17, 15) is 9.18 Å². The van der Waals surface area contributed by atoms with Crippen LogP contribution in [0.15, 0.2) is 24.3 Å². The molecule has 1 saturated carbocycles. The summed E-state index contributed by atoms with van der Waals surface area (Å²) in [6.45, 7) is 1.81. The van der Waals surface area contributed by atoms with Crippen molar-refractivity contribution in [1.82, 2.24) is 4.90 Å². The molecule has 2 aliphatic rings. The topological polar surface area (TPSA) is 20.3 Å². The Balaban J connectivity index is 1.48. The van der Waals surface area contributed by atoms with Crippen LogP contribution < -0.4 is 0 Å². The van der Waals surface area contributed by atoms with E-state index in [1.54, 1.807) is 0 Å². The summed E-state index contributed by atoms with van der Waals surface area (Å²) in [5, 5.41) is 0. The largest absolute Gasteiger partial charge is 0.342 e. The van der Waals surface area contributed by atoms with Crippen LogP contribution in [-0.4, -0.2) is 23.9 Å². The van der Waals surface area contributed by atoms with Gasteiger partial charge in [-0.15, -0.1) is 0 Å². The summed E-state index contributed by atoms with van der Waals surface area (Å²) in [7, 11) is 0. The summed E-state index contributed by atoms with van der Waals surface area (Å²) in [4.78, 5) is 14.2. The van der Waals surface area contributed by atoms with Crippen LogP contribution in [0.2, 0.25) is 0 Å². The average Bonchev–Trinajstić information content (AvgIpc) is 2.40. The van der Waals surface area contributed by atoms with Crippen molar-refractivity contribution < 1.29 is 9.18 Å². The third kappa shape index (κ3) is 3.02. The molecule has 0 atom stereocenters. The van der Waals surface area contributed by atoms with Crippen LogP contribution in [0, 0.1) is 17.7 Å². The maximum absolute atomic E-state index is 12.9. The van der Waals surface area contributed by atoms with Crippen LogP contribution in [0.5, 0.6) is 0 Å². The number of hydrogen-bond acceptors (Lipinski definition) is 1. The lowest BCUT2D eigenvalue weighted by molar-refractivity contribution is -0.139. The van der Waals surface area contributed by atoms with Crippen molar-refractivity contribution in [3.8, 4) is 0 Å². The monoisotopic (exact) mass is 275 g/mol. The highest BCUT2D eigenvalue weighted by Crippen LogP contribution is 2.30. The zero-order valence-electron chi connectivity index (χ0n) is 11.9. The fourth-order valence-electron chi connectivity index (χ4n) is 3.22. The highest BCUT2D eigenvalue weighted by Gasteiger charge is 2.31. The fraction of sp³-hybridized carbons (Fsp3) is 0.588. The predicted octanol–water partition coefficient (Wildman–Crippen LogP) is 3.41. The summed E-state index contributed by atoms with van der Waals surface area (Å²) in [6, 6.07) is 6.82. The third-order valence-electron chi connectivity index (χ3n) is 4.82. The molecule has 0 unspecified atom stereocenters. The third-order valence-corrected chi connectivity index (χ3v) is 4.82. The van der Waals surface area contributed by atoms with Crippen molar-refractivity contribution >= 4 is 5.91 Å². The predicted molar refractivity (Wildman–Crippen MR) is 76.7 cm³/mol. The Morgan fingerprint density at radius 2 is 1.75 bits per heavy atom. The van der Waals surface area contributed by atoms with E-state index >= 15 is 0 Å². The smallest absolute Gasteiger partial charge is 0.225 e. The van der Waals surface area contributed by atoms with Gasteiger partial charge < -0.3 is 4.90 Å². The van der Waals surface area contributed by atoms with Crippen LogP contribution in [0.25, 0.3) is 0 Å². The lowest BCUT2D eigenvalue weighted by Gasteiger charge is -2.36. The van der Waals surface area contributed by atoms with Gasteiger partial charge in [-0.1, -0.05) is 18.6 Å². The molecule has 0 N–H and O–H groups in total. The van der Waals surface area contributed by atoms with Crippen LogP contribution in [0.4, 0.5) is 4.39 Å². The SMILES string of the molecule is O=C(C1CCC1)N1CCC(Cc2ccc(F)cc2)CC1. The van der Waals surface area contributed by atoms with E-state index in [-0.39, 0.29) is 5.82 Å². The molecular weight excluding hydrogens is 253 g/mol. The molecule has 1 heterocycles. The first kappa shape index (κ1) is 13.6. The van der Waals surface area contributed by atoms with Gasteiger partial charge in [0.15, 0.2) is 0 Å². The van der Waals surface area contributed by atoms with Gasteiger partial charge in [-0.2, -0.15) is 0 Å². The molecule has 1 aliphatic heterocycles. The summed E-state index contributed by atoms with van der Waals surface area (Å²) >= 11 is 0. The van der Waals surface area contributed by atoms with E-state index in [2.05, 4.69) is 4.90 Å². The zero-order chi connectivity index (χ0) is 13.9. The van der Waals surface area contributed by atoms with Gasteiger partial charge in [0.25, 0.3) is 0 Å². The second-order valence-electron chi connectivity index (χ2n) is 6.23. The number of halogens is 1. The minimum atomic E-state index is -0.172. The molecule has 1 aliphatic carbocycles. The van der Waals surface area contributed by atoms with E-state index in [0.717, 1.165) is 45.2 Å². The molecule has 0 bridgehead atoms. The molecule has 2 nitrogen and oxygen atoms in total. The number of nitrogens with zero attached hydrogens (tertiary/aromatic N) is 1. The number of amides is 1. The average molecular weight is 275 g/mol. The maximum atomic E-state index is 12.9. The molecule has 0 radical (unpaired) electrons. The second-order valence-corrected chi connectivity index (χ2v) is 6.23. The van der Waals surface area contributed by atoms with Crippen molar-refractivity contribution in [3.63, 3.8) is 0 Å². The first-order valence-electron chi connectivity index (χ1n) is 7.75. The fourth-order valence-corrected chi connectivity index (χ4v) is 3.22. The quantitative estimate of drug-likeness (QED) is 0.828. The Bertz CT molecular complexity index is 458. The Hall–Kier alpha value is -1.38. The minimum absolute atomic E-state index is 0.172. The van der Waals surface area contributed by atoms with Gasteiger partial charge >= 0.3 is 0 Å². The molecule has 0 aromatic heterocycles. The first-order chi connectivity index (χ1) is 9.72. The highest BCUT2D eigenvalue weighted by atomic mass is 19.1. The zero-order valence-corrected chi connectivity index (χ0v) is 11.9. The van der Waals surface area contributed by atoms with E-state index in [0.29, 0.717) is 17.7 Å². The molecule has 20 heavy (non-hydrogen) atoms. The number of hydrogen-bond donors (Lipinski definition) is 0. The number of rotatable bonds is 3. The lowest BCUT2D eigenvalue weighted by atomic mass is 9.83. The molecule has 0 spiro atoms. The Morgan fingerprint density at radius 1 is 1.10 bits per heavy atom. The van der Waals surface area contributed by atoms with Crippen molar-refractivity contribution in [2.24, 2.45) is 11.8 Å². The molecular formula is C17H22FNO. The van der Waals surface area contributed by atoms with Crippen molar-refractivity contribution in [3.05, 3.63) is 35.6 Å². The highest BCUT2D eigenvalue weighted by molar-refractivity contribution is 5.79. The normalized spacial score (nSPS) is 20.8. The molecule has 3 heteroatoms. The van der Waals surface area contributed by atoms with E-state index in [4.69, 9.17) is 0 Å². The molecule has 108 valence electrons. The van der Waals surface area contributed by atoms with Crippen molar-refractivity contribution in [2.45, 2.75) is 38.5 Å². The molecule has 1 amide bonds. The number of likely N-dealkylation sites (tertiary alicyclic amines) is 1. The lowest BCUT2D eigenvalue weighted by Crippen LogP contribution is -2.43. The van der Waals surface area contributed by atoms with E-state index in [1.807, 2.05) is 12.1 Å². The van der Waals surface area contributed by atoms with Crippen molar-refractivity contribution in [1.29, 1.82) is 0 Å². The second kappa shape index (κ2) is 5.94. The molecule has 3 rings (SSSR count). The molecule has 1 aromatic carbocycles. The first-order valence-corrected chi connectivity index (χ1v) is 7.75. The van der Waals surface area contributed by atoms with Gasteiger partial charge in [-0.25, -0.2) is 4.39 Å². The van der Waals surface area contributed by atoms with E-state index in [1.165, 1.54) is 24.1 Å². The summed E-state index contributed by atoms with van der Waals surface area (Å²) in [5.74, 6) is 1.17. The summed E-state index contributed by atoms with van der Waals surface area (Å²) in [6.07, 6.45) is 6.57. The number of carbonyl (C=O) groups excluding carboxylic acids is 1. The van der Waals surface area contributed by atoms with Gasteiger partial charge in [0, 0.05) is 19.0 Å². The van der Waals surface area contributed by atoms with Crippen LogP contribution in [-0.2, 0) is 11.2 Å². The van der Waals surface area contributed by atoms with Gasteiger partial charge in [0.05, 0.1) is 0 Å². The van der Waals surface area contributed by atoms with Crippen LogP contribution in [0.3, 0.4) is 0 Å². The van der Waals surface area contributed by atoms with Gasteiger partial charge in [0.1, 0.15) is 5.82 Å².